The zero-order chi connectivity index (χ0) is 26.5. The highest BCUT2D eigenvalue weighted by atomic mass is 32.2. The van der Waals surface area contributed by atoms with Crippen molar-refractivity contribution in [3.63, 3.8) is 0 Å². The Balaban J connectivity index is 0. The van der Waals surface area contributed by atoms with Crippen molar-refractivity contribution in [3.05, 3.63) is 12.5 Å². The Bertz CT molecular complexity index is 444. The number of ether oxygens (including phenoxy) is 5. The molecule has 0 aliphatic rings. The molecule has 0 aromatic carbocycles. The van der Waals surface area contributed by atoms with Gasteiger partial charge in [-0.3, -0.25) is 0 Å². The van der Waals surface area contributed by atoms with E-state index in [4.69, 9.17) is 24.7 Å². The summed E-state index contributed by atoms with van der Waals surface area (Å²) >= 11 is 0.662. The van der Waals surface area contributed by atoms with Crippen LogP contribution in [0, 0.1) is 0 Å². The van der Waals surface area contributed by atoms with Crippen molar-refractivity contribution in [1.29, 1.82) is 0 Å². The molecule has 9 nitrogen and oxygen atoms in total. The lowest BCUT2D eigenvalue weighted by molar-refractivity contribution is -0.0488. The van der Waals surface area contributed by atoms with Crippen LogP contribution in [0.25, 0.3) is 0 Å². The first-order valence-corrected chi connectivity index (χ1v) is 13.3. The smallest absolute Gasteiger partial charge is 0.469 e. The van der Waals surface area contributed by atoms with E-state index in [0.717, 1.165) is 30.4 Å². The molecule has 0 saturated carbocycles. The summed E-state index contributed by atoms with van der Waals surface area (Å²) in [6.45, 7) is 7.92. The van der Waals surface area contributed by atoms with Gasteiger partial charge >= 0.3 is 5.51 Å². The molecule has 0 heterocycles. The molecule has 14 heteroatoms. The summed E-state index contributed by atoms with van der Waals surface area (Å²) in [6, 6.07) is 0. The van der Waals surface area contributed by atoms with Crippen molar-refractivity contribution < 1.29 is 41.1 Å². The molecule has 35 heavy (non-hydrogen) atoms. The van der Waals surface area contributed by atoms with Gasteiger partial charge in [0.2, 0.25) is 6.26 Å². The Hall–Kier alpha value is -0.450. The Morgan fingerprint density at radius 2 is 1.49 bits per heavy atom. The molecule has 4 N–H and O–H groups in total. The van der Waals surface area contributed by atoms with Crippen molar-refractivity contribution in [3.8, 4) is 0 Å². The van der Waals surface area contributed by atoms with Crippen molar-refractivity contribution in [2.45, 2.75) is 38.1 Å². The van der Waals surface area contributed by atoms with E-state index in [9.17, 15) is 13.2 Å². The average Bonchev–Trinajstić information content (AvgIpc) is 2.82. The Kier molecular flexibility index (Phi) is 31.2. The third-order valence-electron chi connectivity index (χ3n) is 3.60. The number of nitrogens with one attached hydrogen (secondary N) is 1. The lowest BCUT2D eigenvalue weighted by atomic mass is 10.3. The van der Waals surface area contributed by atoms with Gasteiger partial charge in [0, 0.05) is 26.0 Å². The first kappa shape index (κ1) is 36.7. The van der Waals surface area contributed by atoms with Gasteiger partial charge in [-0.1, -0.05) is 25.3 Å². The van der Waals surface area contributed by atoms with Crippen LogP contribution in [0.5, 0.6) is 0 Å². The van der Waals surface area contributed by atoms with Gasteiger partial charge in [-0.25, -0.2) is 4.28 Å². The average molecular weight is 557 g/mol. The minimum Gasteiger partial charge on any atom is -0.589 e. The van der Waals surface area contributed by atoms with Crippen LogP contribution in [-0.2, 0) is 23.2 Å². The summed E-state index contributed by atoms with van der Waals surface area (Å²) in [6.07, 6.45) is 7.46. The predicted molar refractivity (Wildman–Crippen MR) is 137 cm³/mol. The molecule has 212 valence electrons. The van der Waals surface area contributed by atoms with Crippen LogP contribution in [0.4, 0.5) is 13.2 Å². The van der Waals surface area contributed by atoms with Gasteiger partial charge in [-0.2, -0.15) is 13.2 Å². The predicted octanol–water partition coefficient (Wildman–Crippen LogP) is 3.48. The van der Waals surface area contributed by atoms with Gasteiger partial charge in [0.15, 0.2) is 7.11 Å². The topological polar surface area (TPSA) is 100 Å². The molecule has 0 spiro atoms. The molecule has 0 bridgehead atoms. The lowest BCUT2D eigenvalue weighted by Gasteiger charge is -2.14. The highest BCUT2D eigenvalue weighted by Crippen LogP contribution is 2.32. The van der Waals surface area contributed by atoms with E-state index in [0.29, 0.717) is 58.6 Å². The zero-order valence-electron chi connectivity index (χ0n) is 21.2. The number of nitrogens with zero attached hydrogens (tertiary/aromatic N) is 1. The van der Waals surface area contributed by atoms with E-state index >= 15 is 0 Å². The number of nitrogens with two attached hydrogens (primary N) is 1. The monoisotopic (exact) mass is 556 g/mol. The second kappa shape index (κ2) is 29.8. The molecule has 0 unspecified atom stereocenters. The quantitative estimate of drug-likeness (QED) is 0.0459. The summed E-state index contributed by atoms with van der Waals surface area (Å²) < 4.78 is 66.8. The number of unbranched alkanes of at least 4 members (excludes halogenated alkanes) is 2. The fourth-order valence-electron chi connectivity index (χ4n) is 1.92. The highest BCUT2D eigenvalue weighted by Gasteiger charge is 2.31. The van der Waals surface area contributed by atoms with Gasteiger partial charge in [-0.15, -0.1) is 4.47 Å². The van der Waals surface area contributed by atoms with Crippen LogP contribution in [0.1, 0.15) is 32.6 Å². The van der Waals surface area contributed by atoms with Crippen LogP contribution in [0.3, 0.4) is 0 Å². The SMILES string of the molecule is CCCCN.C[OH+]/C=C\NCCOCCOCCOCCOCCCCSN(C)OSC(F)(F)F. The van der Waals surface area contributed by atoms with Gasteiger partial charge in [0.1, 0.15) is 12.0 Å². The molecule has 0 fully saturated rings. The Morgan fingerprint density at radius 1 is 0.914 bits per heavy atom. The second-order valence-corrected chi connectivity index (χ2v) is 8.66. The number of hydroxylamine groups is 1. The molecule has 0 rings (SSSR count). The maximum atomic E-state index is 11.9. The minimum absolute atomic E-state index is 0.489. The molecule has 0 amide bonds. The molecule has 0 aromatic rings. The molecule has 0 saturated heterocycles. The standard InChI is InChI=1S/C17H33F3N2O6S2.C4H11N/c1-22(28-30-17(18,19)20)29-16-4-3-7-24-10-12-26-14-15-27-13-11-25-9-6-21-5-8-23-2;1-2-3-4-5/h5,8,21H,3-4,6-7,9-16H2,1-2H3;2-5H2,1H3/p+1/b8-5-;. The molecule has 0 aromatic heterocycles. The largest absolute Gasteiger partial charge is 0.589 e. The van der Waals surface area contributed by atoms with Crippen molar-refractivity contribution in [2.24, 2.45) is 5.73 Å². The number of aliphatic hydroxyl groups is 2. The maximum Gasteiger partial charge on any atom is 0.469 e. The summed E-state index contributed by atoms with van der Waals surface area (Å²) in [5.41, 5.74) is 0.742. The fourth-order valence-corrected chi connectivity index (χ4v) is 2.97. The first-order valence-electron chi connectivity index (χ1n) is 11.6. The van der Waals surface area contributed by atoms with Crippen molar-refractivity contribution >= 4 is 24.0 Å². The summed E-state index contributed by atoms with van der Waals surface area (Å²) in [7, 11) is 3.15. The van der Waals surface area contributed by atoms with E-state index in [-0.39, 0.29) is 0 Å². The number of alkyl halides is 3. The summed E-state index contributed by atoms with van der Waals surface area (Å²) in [5, 5.41) is 3.03. The van der Waals surface area contributed by atoms with Gasteiger partial charge in [0.25, 0.3) is 0 Å². The summed E-state index contributed by atoms with van der Waals surface area (Å²) in [4.78, 5) is 0. The first-order chi connectivity index (χ1) is 16.9. The maximum absolute atomic E-state index is 11.9. The number of rotatable bonds is 24. The zero-order valence-corrected chi connectivity index (χ0v) is 22.9. The summed E-state index contributed by atoms with van der Waals surface area (Å²) in [5.74, 6) is 0.651. The van der Waals surface area contributed by atoms with Gasteiger partial charge in [0.05, 0.1) is 52.4 Å². The van der Waals surface area contributed by atoms with Crippen LogP contribution < -0.4 is 11.1 Å². The van der Waals surface area contributed by atoms with E-state index < -0.39 is 17.6 Å². The minimum atomic E-state index is -4.40. The molecular formula is C21H45F3N3O6S2+. The number of hydrogen-bond donors (Lipinski definition) is 2. The van der Waals surface area contributed by atoms with Gasteiger partial charge < -0.3 is 34.7 Å². The number of hydrogen-bond acceptors (Lipinski definition) is 10. The van der Waals surface area contributed by atoms with E-state index in [1.54, 1.807) is 19.6 Å². The van der Waals surface area contributed by atoms with Crippen LogP contribution in [0.15, 0.2) is 12.5 Å². The Morgan fingerprint density at radius 3 is 1.97 bits per heavy atom. The number of halogens is 3. The molecular weight excluding hydrogens is 511 g/mol. The Labute approximate surface area is 217 Å². The van der Waals surface area contributed by atoms with E-state index in [2.05, 4.69) is 21.3 Å². The fraction of sp³-hybridized carbons (Fsp3) is 0.905. The molecule has 0 aliphatic heterocycles. The molecule has 0 atom stereocenters. The van der Waals surface area contributed by atoms with Crippen molar-refractivity contribution in [1.82, 2.24) is 9.79 Å². The van der Waals surface area contributed by atoms with Gasteiger partial charge in [-0.05, 0) is 25.8 Å². The van der Waals surface area contributed by atoms with Crippen LogP contribution in [-0.4, -0.2) is 101 Å². The van der Waals surface area contributed by atoms with E-state index in [1.807, 2.05) is 0 Å². The third kappa shape index (κ3) is 38.2. The second-order valence-electron chi connectivity index (χ2n) is 6.70. The van der Waals surface area contributed by atoms with E-state index in [1.165, 1.54) is 31.8 Å². The van der Waals surface area contributed by atoms with Crippen molar-refractivity contribution in [2.75, 3.05) is 85.9 Å². The highest BCUT2D eigenvalue weighted by molar-refractivity contribution is 7.98. The lowest BCUT2D eigenvalue weighted by Crippen LogP contribution is -2.16. The normalized spacial score (nSPS) is 11.7. The molecule has 0 radical (unpaired) electrons. The van der Waals surface area contributed by atoms with Crippen LogP contribution in [0.2, 0.25) is 0 Å². The van der Waals surface area contributed by atoms with Crippen LogP contribution >= 0.6 is 24.0 Å². The third-order valence-corrected chi connectivity index (χ3v) is 5.09. The molecule has 0 aliphatic carbocycles.